The molecule has 0 unspecified atom stereocenters. The third kappa shape index (κ3) is 12.1. The molecule has 3 amide bonds. The van der Waals surface area contributed by atoms with E-state index in [9.17, 15) is 49.2 Å². The van der Waals surface area contributed by atoms with Gasteiger partial charge in [0, 0.05) is 41.6 Å². The molecule has 2 aromatic rings. The third-order valence-corrected chi connectivity index (χ3v) is 14.6. The lowest BCUT2D eigenvalue weighted by atomic mass is 9.84. The molecule has 2 aromatic carbocycles. The number of nitrogens with one attached hydrogen (secondary N) is 1. The number of aromatic hydroxyl groups is 2. The second-order valence-electron chi connectivity index (χ2n) is 20.2. The maximum Gasteiger partial charge on any atom is 0.344 e. The maximum atomic E-state index is 14.2. The molecule has 4 heterocycles. The SMILES string of the molecule is CC(C)=CCC/C(C)=C/CC[C@@]1(C)Oc2c(c(O)cc3c2CN(CCC[C@@H](C(=O)NCP(=O)(O)O)N2Cc4c(cc(O)c5c4O[C@](C)(CC/C=C(\C)CCC=C(C)C)[C@@H](O)C5)C2=O)C3=O)C[C@@H]1O. The molecule has 68 heavy (non-hydrogen) atoms. The molecule has 5 atom stereocenters. The highest BCUT2D eigenvalue weighted by atomic mass is 31.2. The number of rotatable bonds is 20. The van der Waals surface area contributed by atoms with Crippen molar-refractivity contribution in [3.63, 3.8) is 0 Å². The van der Waals surface area contributed by atoms with Gasteiger partial charge in [-0.25, -0.2) is 0 Å². The number of benzene rings is 2. The van der Waals surface area contributed by atoms with E-state index in [0.29, 0.717) is 53.7 Å². The van der Waals surface area contributed by atoms with Crippen LogP contribution in [-0.2, 0) is 35.3 Å². The lowest BCUT2D eigenvalue weighted by Crippen LogP contribution is -2.49. The number of ether oxygens (including phenoxy) is 2. The van der Waals surface area contributed by atoms with Gasteiger partial charge in [-0.05, 0) is 132 Å². The van der Waals surface area contributed by atoms with E-state index in [1.54, 1.807) is 11.8 Å². The molecule has 16 heteroatoms. The smallest absolute Gasteiger partial charge is 0.344 e. The number of hydrogen-bond acceptors (Lipinski definition) is 10. The average molecular weight is 962 g/mol. The Kier molecular flexibility index (Phi) is 16.5. The zero-order valence-electron chi connectivity index (χ0n) is 41.0. The topological polar surface area (TPSA) is 227 Å². The van der Waals surface area contributed by atoms with Crippen molar-refractivity contribution in [2.45, 2.75) is 175 Å². The number of aliphatic hydroxyl groups excluding tert-OH is 2. The molecule has 4 aliphatic rings. The summed E-state index contributed by atoms with van der Waals surface area (Å²) in [6.07, 6.45) is 12.2. The second kappa shape index (κ2) is 21.4. The van der Waals surface area contributed by atoms with Crippen LogP contribution in [0.3, 0.4) is 0 Å². The van der Waals surface area contributed by atoms with E-state index in [0.717, 1.165) is 25.7 Å². The Morgan fingerprint density at radius 1 is 0.750 bits per heavy atom. The number of amides is 3. The van der Waals surface area contributed by atoms with Crippen molar-refractivity contribution in [3.8, 4) is 23.0 Å². The van der Waals surface area contributed by atoms with Gasteiger partial charge in [-0.1, -0.05) is 46.6 Å². The molecule has 0 aliphatic carbocycles. The molecule has 0 spiro atoms. The molecule has 0 bridgehead atoms. The number of hydrogen-bond donors (Lipinski definition) is 7. The van der Waals surface area contributed by atoms with Crippen molar-refractivity contribution in [1.82, 2.24) is 15.1 Å². The van der Waals surface area contributed by atoms with E-state index in [2.05, 4.69) is 71.2 Å². The van der Waals surface area contributed by atoms with Gasteiger partial charge >= 0.3 is 7.60 Å². The van der Waals surface area contributed by atoms with Gasteiger partial charge in [-0.2, -0.15) is 0 Å². The minimum atomic E-state index is -4.69. The Hall–Kier alpha value is -4.92. The Morgan fingerprint density at radius 3 is 1.69 bits per heavy atom. The summed E-state index contributed by atoms with van der Waals surface area (Å²) in [7, 11) is -4.69. The lowest BCUT2D eigenvalue weighted by Gasteiger charge is -2.41. The third-order valence-electron chi connectivity index (χ3n) is 14.0. The van der Waals surface area contributed by atoms with E-state index >= 15 is 0 Å². The molecule has 372 valence electrons. The highest BCUT2D eigenvalue weighted by Gasteiger charge is 2.47. The first kappa shape index (κ1) is 52.5. The summed E-state index contributed by atoms with van der Waals surface area (Å²) in [4.78, 5) is 64.2. The summed E-state index contributed by atoms with van der Waals surface area (Å²) in [6.45, 7) is 16.2. The van der Waals surface area contributed by atoms with Crippen LogP contribution < -0.4 is 14.8 Å². The van der Waals surface area contributed by atoms with Crippen LogP contribution in [0.5, 0.6) is 23.0 Å². The Bertz CT molecular complexity index is 2450. The largest absolute Gasteiger partial charge is 0.508 e. The lowest BCUT2D eigenvalue weighted by molar-refractivity contribution is -0.125. The molecule has 0 radical (unpaired) electrons. The van der Waals surface area contributed by atoms with Gasteiger partial charge < -0.3 is 54.8 Å². The van der Waals surface area contributed by atoms with E-state index < -0.39 is 55.1 Å². The fourth-order valence-corrected chi connectivity index (χ4v) is 10.1. The zero-order chi connectivity index (χ0) is 49.9. The molecular weight excluding hydrogens is 890 g/mol. The van der Waals surface area contributed by atoms with E-state index in [4.69, 9.17) is 9.47 Å². The minimum Gasteiger partial charge on any atom is -0.508 e. The van der Waals surface area contributed by atoms with Crippen molar-refractivity contribution < 1.29 is 58.6 Å². The summed E-state index contributed by atoms with van der Waals surface area (Å²) in [5.74, 6) is -1.50. The Balaban J connectivity index is 1.17. The molecular formula is C52H72N3O12P. The first-order valence-corrected chi connectivity index (χ1v) is 25.7. The average Bonchev–Trinajstić information content (AvgIpc) is 3.74. The molecule has 6 rings (SSSR count). The minimum absolute atomic E-state index is 0.0109. The first-order valence-electron chi connectivity index (χ1n) is 23.9. The zero-order valence-corrected chi connectivity index (χ0v) is 41.9. The number of nitrogens with zero attached hydrogens (tertiary/aromatic N) is 2. The van der Waals surface area contributed by atoms with Gasteiger partial charge in [-0.15, -0.1) is 0 Å². The predicted octanol–water partition coefficient (Wildman–Crippen LogP) is 8.16. The number of phenolic OH excluding ortho intramolecular Hbond substituents is 2. The van der Waals surface area contributed by atoms with Crippen molar-refractivity contribution in [2.24, 2.45) is 0 Å². The van der Waals surface area contributed by atoms with E-state index in [-0.39, 0.29) is 79.6 Å². The fraction of sp³-hybridized carbons (Fsp3) is 0.558. The van der Waals surface area contributed by atoms with Crippen molar-refractivity contribution in [2.75, 3.05) is 12.8 Å². The van der Waals surface area contributed by atoms with Crippen molar-refractivity contribution >= 4 is 25.3 Å². The van der Waals surface area contributed by atoms with Crippen LogP contribution >= 0.6 is 7.60 Å². The Morgan fingerprint density at radius 2 is 1.22 bits per heavy atom. The van der Waals surface area contributed by atoms with Gasteiger partial charge in [0.15, 0.2) is 0 Å². The molecule has 0 saturated heterocycles. The number of phenols is 2. The first-order chi connectivity index (χ1) is 31.9. The second-order valence-corrected chi connectivity index (χ2v) is 21.9. The standard InChI is InChI=1S/C52H72N3O12P/c1-31(2)14-9-16-33(5)18-11-21-51(7)44(58)26-37-42(56)24-35-39(46(37)66-51)28-54(49(35)61)23-13-20-41(48(60)53-30-68(63,64)65)55-29-40-36(50(55)62)25-43(57)38-27-45(59)52(8,67-47(38)40)22-12-19-34(6)17-10-15-32(3)4/h14-15,18-19,24-25,41,44-45,56-59H,9-13,16-17,20-23,26-30H2,1-8H3,(H,53,60)(H2,63,64,65)/b33-18+,34-19+/t41-,44-,45-,51+,52+/m0/s1. The van der Waals surface area contributed by atoms with E-state index in [1.165, 1.54) is 39.3 Å². The van der Waals surface area contributed by atoms with Crippen LogP contribution in [0.4, 0.5) is 0 Å². The van der Waals surface area contributed by atoms with Gasteiger partial charge in [0.25, 0.3) is 11.8 Å². The van der Waals surface area contributed by atoms with Gasteiger partial charge in [0.2, 0.25) is 5.91 Å². The summed E-state index contributed by atoms with van der Waals surface area (Å²) in [5.41, 5.74) is 5.09. The van der Waals surface area contributed by atoms with Crippen molar-refractivity contribution in [3.05, 3.63) is 92.1 Å². The highest BCUT2D eigenvalue weighted by molar-refractivity contribution is 7.51. The number of fused-ring (bicyclic) bond motifs is 6. The molecule has 0 fully saturated rings. The number of allylic oxidation sites excluding steroid dienone is 8. The predicted molar refractivity (Wildman–Crippen MR) is 260 cm³/mol. The van der Waals surface area contributed by atoms with Crippen LogP contribution in [0.25, 0.3) is 0 Å². The summed E-state index contributed by atoms with van der Waals surface area (Å²) >= 11 is 0. The van der Waals surface area contributed by atoms with Crippen LogP contribution in [0.1, 0.15) is 163 Å². The quantitative estimate of drug-likeness (QED) is 0.0493. The maximum absolute atomic E-state index is 14.2. The fourth-order valence-electron chi connectivity index (χ4n) is 9.71. The van der Waals surface area contributed by atoms with Gasteiger partial charge in [0.05, 0.1) is 36.4 Å². The monoisotopic (exact) mass is 961 g/mol. The van der Waals surface area contributed by atoms with Crippen LogP contribution in [0, 0.1) is 0 Å². The Labute approximate surface area is 400 Å². The highest BCUT2D eigenvalue weighted by Crippen LogP contribution is 2.48. The van der Waals surface area contributed by atoms with Gasteiger partial charge in [-0.3, -0.25) is 18.9 Å². The molecule has 0 aromatic heterocycles. The molecule has 7 N–H and O–H groups in total. The number of carbonyl (C=O) groups excluding carboxylic acids is 3. The normalized spacial score (nSPS) is 22.7. The van der Waals surface area contributed by atoms with Crippen molar-refractivity contribution in [1.29, 1.82) is 0 Å². The molecule has 4 aliphatic heterocycles. The van der Waals surface area contributed by atoms with Crippen LogP contribution in [-0.4, -0.2) is 100 Å². The van der Waals surface area contributed by atoms with Crippen LogP contribution in [0.2, 0.25) is 0 Å². The molecule has 15 nitrogen and oxygen atoms in total. The molecule has 0 saturated carbocycles. The summed E-state index contributed by atoms with van der Waals surface area (Å²) < 4.78 is 25.0. The number of aliphatic hydroxyl groups is 2. The summed E-state index contributed by atoms with van der Waals surface area (Å²) in [5, 5.41) is 47.2. The summed E-state index contributed by atoms with van der Waals surface area (Å²) in [6, 6.07) is 1.47. The van der Waals surface area contributed by atoms with Crippen LogP contribution in [0.15, 0.2) is 58.7 Å². The number of carbonyl (C=O) groups is 3. The van der Waals surface area contributed by atoms with E-state index in [1.807, 2.05) is 6.92 Å². The van der Waals surface area contributed by atoms with Gasteiger partial charge in [0.1, 0.15) is 46.5 Å².